The molecule has 0 bridgehead atoms. The Labute approximate surface area is 119 Å². The average Bonchev–Trinajstić information content (AvgIpc) is 2.49. The van der Waals surface area contributed by atoms with Crippen molar-refractivity contribution in [3.63, 3.8) is 0 Å². The van der Waals surface area contributed by atoms with Gasteiger partial charge in [-0.25, -0.2) is 5.06 Å². The van der Waals surface area contributed by atoms with E-state index in [1.54, 1.807) is 7.05 Å². The first-order valence-electron chi connectivity index (χ1n) is 6.63. The van der Waals surface area contributed by atoms with E-state index in [0.29, 0.717) is 32.3 Å². The van der Waals surface area contributed by atoms with Gasteiger partial charge in [0.2, 0.25) is 5.91 Å². The number of unbranched alkanes of at least 4 members (excludes halogenated alkanes) is 1. The molecule has 5 heteroatoms. The molecular formula is C15H21NO4. The Balaban J connectivity index is 2.10. The highest BCUT2D eigenvalue weighted by Gasteiger charge is 2.08. The van der Waals surface area contributed by atoms with Crippen molar-refractivity contribution in [3.05, 3.63) is 35.9 Å². The van der Waals surface area contributed by atoms with Gasteiger partial charge in [-0.1, -0.05) is 30.3 Å². The topological polar surface area (TPSA) is 55.8 Å². The number of nitrogens with zero attached hydrogens (tertiary/aromatic N) is 1. The maximum atomic E-state index is 11.5. The van der Waals surface area contributed by atoms with E-state index in [1.165, 1.54) is 12.2 Å². The molecular weight excluding hydrogens is 258 g/mol. The molecule has 1 aromatic rings. The highest BCUT2D eigenvalue weighted by Crippen LogP contribution is 2.06. The fourth-order valence-corrected chi connectivity index (χ4v) is 1.62. The van der Waals surface area contributed by atoms with Gasteiger partial charge in [-0.2, -0.15) is 0 Å². The summed E-state index contributed by atoms with van der Waals surface area (Å²) in [5.74, 6) is -0.327. The number of hydroxylamine groups is 2. The smallest absolute Gasteiger partial charge is 0.306 e. The monoisotopic (exact) mass is 279 g/mol. The van der Waals surface area contributed by atoms with Crippen molar-refractivity contribution < 1.29 is 19.2 Å². The number of carbonyl (C=O) groups is 2. The number of carbonyl (C=O) groups excluding carboxylic acids is 2. The Morgan fingerprint density at radius 1 is 1.10 bits per heavy atom. The van der Waals surface area contributed by atoms with Crippen molar-refractivity contribution in [1.82, 2.24) is 5.06 Å². The van der Waals surface area contributed by atoms with Gasteiger partial charge in [-0.15, -0.1) is 0 Å². The molecule has 0 N–H and O–H groups in total. The van der Waals surface area contributed by atoms with Crippen LogP contribution < -0.4 is 0 Å². The molecule has 0 aliphatic heterocycles. The molecule has 0 radical (unpaired) electrons. The molecule has 5 nitrogen and oxygen atoms in total. The lowest BCUT2D eigenvalue weighted by atomic mass is 10.2. The number of amides is 1. The Morgan fingerprint density at radius 3 is 2.40 bits per heavy atom. The van der Waals surface area contributed by atoms with Crippen LogP contribution >= 0.6 is 0 Å². The molecule has 0 aliphatic rings. The first-order valence-corrected chi connectivity index (χ1v) is 6.63. The normalized spacial score (nSPS) is 10.1. The molecule has 0 atom stereocenters. The predicted octanol–water partition coefficient (Wildman–Crippen LogP) is 2.31. The standard InChI is InChI=1S/C15H21NO4/c1-16(19-2)14(17)10-6-7-11-15(18)20-12-13-8-4-3-5-9-13/h3-5,8-9H,6-7,10-12H2,1-2H3. The first kappa shape index (κ1) is 16.2. The van der Waals surface area contributed by atoms with Crippen LogP contribution in [0.1, 0.15) is 31.2 Å². The van der Waals surface area contributed by atoms with Crippen molar-refractivity contribution >= 4 is 11.9 Å². The third kappa shape index (κ3) is 6.33. The van der Waals surface area contributed by atoms with Crippen LogP contribution in [0.5, 0.6) is 0 Å². The summed E-state index contributed by atoms with van der Waals surface area (Å²) >= 11 is 0. The molecule has 0 saturated carbocycles. The average molecular weight is 279 g/mol. The minimum atomic E-state index is -0.235. The summed E-state index contributed by atoms with van der Waals surface area (Å²) in [6.45, 7) is 0.297. The Morgan fingerprint density at radius 2 is 1.75 bits per heavy atom. The lowest BCUT2D eigenvalue weighted by Crippen LogP contribution is -2.24. The fourth-order valence-electron chi connectivity index (χ4n) is 1.62. The van der Waals surface area contributed by atoms with Crippen LogP contribution in [0.3, 0.4) is 0 Å². The second kappa shape index (κ2) is 9.09. The van der Waals surface area contributed by atoms with E-state index in [2.05, 4.69) is 0 Å². The molecule has 0 spiro atoms. The first-order chi connectivity index (χ1) is 9.63. The molecule has 110 valence electrons. The van der Waals surface area contributed by atoms with E-state index in [4.69, 9.17) is 9.57 Å². The van der Waals surface area contributed by atoms with Gasteiger partial charge < -0.3 is 4.74 Å². The van der Waals surface area contributed by atoms with E-state index in [9.17, 15) is 9.59 Å². The van der Waals surface area contributed by atoms with Crippen molar-refractivity contribution in [2.24, 2.45) is 0 Å². The van der Waals surface area contributed by atoms with E-state index < -0.39 is 0 Å². The van der Waals surface area contributed by atoms with Crippen molar-refractivity contribution in [2.45, 2.75) is 32.3 Å². The van der Waals surface area contributed by atoms with Crippen LogP contribution in [-0.4, -0.2) is 31.1 Å². The number of benzene rings is 1. The van der Waals surface area contributed by atoms with E-state index in [0.717, 1.165) is 5.56 Å². The summed E-state index contributed by atoms with van der Waals surface area (Å²) in [7, 11) is 3.01. The zero-order chi connectivity index (χ0) is 14.8. The van der Waals surface area contributed by atoms with E-state index in [1.807, 2.05) is 30.3 Å². The predicted molar refractivity (Wildman–Crippen MR) is 74.5 cm³/mol. The minimum absolute atomic E-state index is 0.0925. The van der Waals surface area contributed by atoms with Crippen LogP contribution in [0.15, 0.2) is 30.3 Å². The largest absolute Gasteiger partial charge is 0.461 e. The Bertz CT molecular complexity index is 419. The minimum Gasteiger partial charge on any atom is -0.461 e. The molecule has 1 aromatic carbocycles. The van der Waals surface area contributed by atoms with Gasteiger partial charge >= 0.3 is 5.97 Å². The summed E-state index contributed by atoms with van der Waals surface area (Å²) in [6, 6.07) is 9.54. The summed E-state index contributed by atoms with van der Waals surface area (Å²) in [5, 5.41) is 1.19. The maximum absolute atomic E-state index is 11.5. The van der Waals surface area contributed by atoms with Crippen molar-refractivity contribution in [1.29, 1.82) is 0 Å². The number of esters is 1. The Kier molecular flexibility index (Phi) is 7.35. The summed E-state index contributed by atoms with van der Waals surface area (Å²) in [6.07, 6.45) is 1.98. The lowest BCUT2D eigenvalue weighted by Gasteiger charge is -2.12. The molecule has 0 fully saturated rings. The molecule has 20 heavy (non-hydrogen) atoms. The third-order valence-corrected chi connectivity index (χ3v) is 2.89. The molecule has 0 unspecified atom stereocenters. The second-order valence-corrected chi connectivity index (χ2v) is 4.43. The van der Waals surface area contributed by atoms with Gasteiger partial charge in [0.25, 0.3) is 0 Å². The van der Waals surface area contributed by atoms with Gasteiger partial charge in [-0.05, 0) is 18.4 Å². The van der Waals surface area contributed by atoms with Crippen molar-refractivity contribution in [3.8, 4) is 0 Å². The number of hydrogen-bond donors (Lipinski definition) is 0. The zero-order valence-corrected chi connectivity index (χ0v) is 12.0. The molecule has 0 aromatic heterocycles. The van der Waals surface area contributed by atoms with Crippen LogP contribution in [-0.2, 0) is 25.8 Å². The van der Waals surface area contributed by atoms with Crippen molar-refractivity contribution in [2.75, 3.05) is 14.2 Å². The second-order valence-electron chi connectivity index (χ2n) is 4.43. The summed E-state index contributed by atoms with van der Waals surface area (Å²) in [5.41, 5.74) is 0.970. The van der Waals surface area contributed by atoms with E-state index in [-0.39, 0.29) is 11.9 Å². The maximum Gasteiger partial charge on any atom is 0.306 e. The fraction of sp³-hybridized carbons (Fsp3) is 0.467. The molecule has 1 rings (SSSR count). The quantitative estimate of drug-likeness (QED) is 0.416. The van der Waals surface area contributed by atoms with Crippen LogP contribution in [0.4, 0.5) is 0 Å². The van der Waals surface area contributed by atoms with Gasteiger partial charge in [0.15, 0.2) is 0 Å². The lowest BCUT2D eigenvalue weighted by molar-refractivity contribution is -0.168. The molecule has 0 aliphatic carbocycles. The van der Waals surface area contributed by atoms with Crippen LogP contribution in [0, 0.1) is 0 Å². The summed E-state index contributed by atoms with van der Waals surface area (Å²) in [4.78, 5) is 27.7. The number of rotatable bonds is 8. The molecule has 1 amide bonds. The highest BCUT2D eigenvalue weighted by atomic mass is 16.7. The summed E-state index contributed by atoms with van der Waals surface area (Å²) < 4.78 is 5.14. The molecule has 0 saturated heterocycles. The third-order valence-electron chi connectivity index (χ3n) is 2.89. The van der Waals surface area contributed by atoms with E-state index >= 15 is 0 Å². The van der Waals surface area contributed by atoms with Gasteiger partial charge in [0.05, 0.1) is 7.11 Å². The zero-order valence-electron chi connectivity index (χ0n) is 12.0. The number of ether oxygens (including phenoxy) is 1. The Hall–Kier alpha value is -1.88. The van der Waals surface area contributed by atoms with Crippen LogP contribution in [0.2, 0.25) is 0 Å². The highest BCUT2D eigenvalue weighted by molar-refractivity contribution is 5.74. The van der Waals surface area contributed by atoms with Gasteiger partial charge in [0.1, 0.15) is 6.61 Å². The molecule has 0 heterocycles. The SMILES string of the molecule is CON(C)C(=O)CCCCC(=O)OCc1ccccc1. The number of hydrogen-bond acceptors (Lipinski definition) is 4. The van der Waals surface area contributed by atoms with Gasteiger partial charge in [0, 0.05) is 19.9 Å². The van der Waals surface area contributed by atoms with Gasteiger partial charge in [-0.3, -0.25) is 14.4 Å². The van der Waals surface area contributed by atoms with Crippen LogP contribution in [0.25, 0.3) is 0 Å².